The number of nitrogens with one attached hydrogen (secondary N) is 2. The molecule has 0 aliphatic carbocycles. The summed E-state index contributed by atoms with van der Waals surface area (Å²) in [6.45, 7) is 3.06. The maximum absolute atomic E-state index is 12.8. The molecule has 0 spiro atoms. The predicted octanol–water partition coefficient (Wildman–Crippen LogP) is 2.63. The fourth-order valence-electron chi connectivity index (χ4n) is 3.27. The van der Waals surface area contributed by atoms with Crippen molar-refractivity contribution in [2.24, 2.45) is 7.05 Å². The Morgan fingerprint density at radius 1 is 1.06 bits per heavy atom. The van der Waals surface area contributed by atoms with Crippen molar-refractivity contribution in [3.63, 3.8) is 0 Å². The number of nitrogens with zero attached hydrogens (tertiary/aromatic N) is 4. The molecular weight excluding hydrogens is 428 g/mol. The minimum absolute atomic E-state index is 0.186. The molecule has 2 amide bonds. The number of hydrogen-bond donors (Lipinski definition) is 2. The van der Waals surface area contributed by atoms with Gasteiger partial charge in [-0.05, 0) is 36.4 Å². The van der Waals surface area contributed by atoms with Crippen LogP contribution in [0, 0.1) is 0 Å². The van der Waals surface area contributed by atoms with Crippen LogP contribution in [0.15, 0.2) is 60.0 Å². The molecule has 4 rings (SSSR count). The van der Waals surface area contributed by atoms with E-state index >= 15 is 0 Å². The molecule has 0 bridgehead atoms. The highest BCUT2D eigenvalue weighted by molar-refractivity contribution is 7.99. The summed E-state index contributed by atoms with van der Waals surface area (Å²) in [5, 5.41) is 14.1. The Morgan fingerprint density at radius 2 is 1.81 bits per heavy atom. The van der Waals surface area contributed by atoms with E-state index in [1.54, 1.807) is 35.2 Å². The van der Waals surface area contributed by atoms with Crippen molar-refractivity contribution in [3.05, 3.63) is 60.4 Å². The molecule has 0 radical (unpaired) electrons. The Balaban J connectivity index is 1.36. The fraction of sp³-hybridized carbons (Fsp3) is 0.273. The topological polar surface area (TPSA) is 101 Å². The molecule has 1 saturated heterocycles. The summed E-state index contributed by atoms with van der Waals surface area (Å²) in [6, 6.07) is 14.6. The molecule has 2 heterocycles. The summed E-state index contributed by atoms with van der Waals surface area (Å²) in [6.07, 6.45) is 1.58. The highest BCUT2D eigenvalue weighted by Crippen LogP contribution is 2.22. The average molecular weight is 453 g/mol. The van der Waals surface area contributed by atoms with Crippen molar-refractivity contribution in [1.29, 1.82) is 0 Å². The molecule has 3 aromatic rings. The van der Waals surface area contributed by atoms with Gasteiger partial charge in [-0.15, -0.1) is 10.2 Å². The van der Waals surface area contributed by atoms with E-state index in [9.17, 15) is 9.59 Å². The first kappa shape index (κ1) is 21.8. The van der Waals surface area contributed by atoms with Crippen molar-refractivity contribution >= 4 is 40.6 Å². The van der Waals surface area contributed by atoms with Gasteiger partial charge in [-0.1, -0.05) is 23.9 Å². The Labute approximate surface area is 190 Å². The van der Waals surface area contributed by atoms with E-state index in [1.165, 1.54) is 11.8 Å². The Morgan fingerprint density at radius 3 is 2.56 bits per heavy atom. The van der Waals surface area contributed by atoms with Gasteiger partial charge in [-0.3, -0.25) is 9.59 Å². The van der Waals surface area contributed by atoms with E-state index in [-0.39, 0.29) is 17.6 Å². The number of benzene rings is 2. The van der Waals surface area contributed by atoms with E-state index < -0.39 is 0 Å². The van der Waals surface area contributed by atoms with Crippen LogP contribution in [0.3, 0.4) is 0 Å². The highest BCUT2D eigenvalue weighted by atomic mass is 32.2. The summed E-state index contributed by atoms with van der Waals surface area (Å²) >= 11 is 1.29. The highest BCUT2D eigenvalue weighted by Gasteiger charge is 2.13. The molecule has 32 heavy (non-hydrogen) atoms. The number of rotatable bonds is 7. The average Bonchev–Trinajstić information content (AvgIpc) is 3.23. The van der Waals surface area contributed by atoms with E-state index in [0.29, 0.717) is 35.3 Å². The molecule has 1 aliphatic rings. The standard InChI is InChI=1S/C22H24N6O3S/c1-27-15-23-26-22(27)32-14-20(29)24-17-5-2-4-16(12-17)21(30)25-18-6-3-7-19(13-18)28-8-10-31-11-9-28/h2-7,12-13,15H,8-11,14H2,1H3,(H,24,29)(H,25,30). The van der Waals surface area contributed by atoms with Crippen LogP contribution in [0.5, 0.6) is 0 Å². The lowest BCUT2D eigenvalue weighted by molar-refractivity contribution is -0.113. The van der Waals surface area contributed by atoms with Crippen LogP contribution in [0.4, 0.5) is 17.1 Å². The first-order chi connectivity index (χ1) is 15.6. The largest absolute Gasteiger partial charge is 0.378 e. The minimum atomic E-state index is -0.242. The van der Waals surface area contributed by atoms with Crippen LogP contribution in [0.2, 0.25) is 0 Å². The van der Waals surface area contributed by atoms with Gasteiger partial charge in [0.25, 0.3) is 5.91 Å². The van der Waals surface area contributed by atoms with Gasteiger partial charge in [0.05, 0.1) is 19.0 Å². The Bertz CT molecular complexity index is 1100. The first-order valence-electron chi connectivity index (χ1n) is 10.2. The molecule has 166 valence electrons. The predicted molar refractivity (Wildman–Crippen MR) is 124 cm³/mol. The van der Waals surface area contributed by atoms with Crippen LogP contribution >= 0.6 is 11.8 Å². The molecule has 2 N–H and O–H groups in total. The lowest BCUT2D eigenvalue weighted by atomic mass is 10.1. The fourth-order valence-corrected chi connectivity index (χ4v) is 3.96. The van der Waals surface area contributed by atoms with Crippen molar-refractivity contribution in [3.8, 4) is 0 Å². The molecular formula is C22H24N6O3S. The zero-order valence-corrected chi connectivity index (χ0v) is 18.5. The zero-order chi connectivity index (χ0) is 22.3. The molecule has 1 aromatic heterocycles. The molecule has 0 unspecified atom stereocenters. The molecule has 10 heteroatoms. The Hall–Kier alpha value is -3.37. The second-order valence-electron chi connectivity index (χ2n) is 7.25. The normalized spacial score (nSPS) is 13.6. The van der Waals surface area contributed by atoms with Crippen LogP contribution < -0.4 is 15.5 Å². The maximum atomic E-state index is 12.8. The number of morpholine rings is 1. The molecule has 0 saturated carbocycles. The van der Waals surface area contributed by atoms with Crippen molar-refractivity contribution in [2.75, 3.05) is 47.6 Å². The number of hydrogen-bond acceptors (Lipinski definition) is 7. The van der Waals surface area contributed by atoms with Crippen LogP contribution in [0.25, 0.3) is 0 Å². The van der Waals surface area contributed by atoms with Gasteiger partial charge in [-0.2, -0.15) is 0 Å². The monoisotopic (exact) mass is 452 g/mol. The van der Waals surface area contributed by atoms with Gasteiger partial charge in [-0.25, -0.2) is 0 Å². The van der Waals surface area contributed by atoms with Gasteiger partial charge in [0.1, 0.15) is 6.33 Å². The molecule has 2 aromatic carbocycles. The first-order valence-corrected chi connectivity index (χ1v) is 11.2. The smallest absolute Gasteiger partial charge is 0.255 e. The van der Waals surface area contributed by atoms with E-state index in [1.807, 2.05) is 31.3 Å². The number of aromatic nitrogens is 3. The number of carbonyl (C=O) groups is 2. The molecule has 1 aliphatic heterocycles. The third-order valence-electron chi connectivity index (χ3n) is 4.89. The van der Waals surface area contributed by atoms with Gasteiger partial charge < -0.3 is 24.8 Å². The van der Waals surface area contributed by atoms with E-state index in [4.69, 9.17) is 4.74 Å². The zero-order valence-electron chi connectivity index (χ0n) is 17.7. The third kappa shape index (κ3) is 5.65. The summed E-state index contributed by atoms with van der Waals surface area (Å²) in [5.41, 5.74) is 2.78. The number of anilines is 3. The number of aryl methyl sites for hydroxylation is 1. The van der Waals surface area contributed by atoms with Gasteiger partial charge in [0.2, 0.25) is 5.91 Å². The van der Waals surface area contributed by atoms with Crippen LogP contribution in [-0.2, 0) is 16.6 Å². The second-order valence-corrected chi connectivity index (χ2v) is 8.19. The lowest BCUT2D eigenvalue weighted by Gasteiger charge is -2.29. The van der Waals surface area contributed by atoms with Gasteiger partial charge in [0, 0.05) is 42.8 Å². The van der Waals surface area contributed by atoms with Crippen molar-refractivity contribution in [2.45, 2.75) is 5.16 Å². The number of ether oxygens (including phenoxy) is 1. The number of carbonyl (C=O) groups excluding carboxylic acids is 2. The SMILES string of the molecule is Cn1cnnc1SCC(=O)Nc1cccc(C(=O)Nc2cccc(N3CCOCC3)c2)c1. The van der Waals surface area contributed by atoms with E-state index in [2.05, 4.69) is 25.7 Å². The third-order valence-corrected chi connectivity index (χ3v) is 5.93. The van der Waals surface area contributed by atoms with Crippen molar-refractivity contribution in [1.82, 2.24) is 14.8 Å². The maximum Gasteiger partial charge on any atom is 0.255 e. The summed E-state index contributed by atoms with van der Waals surface area (Å²) < 4.78 is 7.15. The van der Waals surface area contributed by atoms with E-state index in [0.717, 1.165) is 18.8 Å². The Kier molecular flexibility index (Phi) is 7.03. The molecule has 9 nitrogen and oxygen atoms in total. The van der Waals surface area contributed by atoms with Crippen LogP contribution in [0.1, 0.15) is 10.4 Å². The summed E-state index contributed by atoms with van der Waals surface area (Å²) in [7, 11) is 1.82. The summed E-state index contributed by atoms with van der Waals surface area (Å²) in [4.78, 5) is 27.3. The van der Waals surface area contributed by atoms with Gasteiger partial charge >= 0.3 is 0 Å². The molecule has 1 fully saturated rings. The summed E-state index contributed by atoms with van der Waals surface area (Å²) in [5.74, 6) is -0.237. The number of amides is 2. The minimum Gasteiger partial charge on any atom is -0.378 e. The number of thioether (sulfide) groups is 1. The van der Waals surface area contributed by atoms with Gasteiger partial charge in [0.15, 0.2) is 5.16 Å². The second kappa shape index (κ2) is 10.3. The quantitative estimate of drug-likeness (QED) is 0.532. The lowest BCUT2D eigenvalue weighted by Crippen LogP contribution is -2.36. The molecule has 0 atom stereocenters. The van der Waals surface area contributed by atoms with Crippen LogP contribution in [-0.4, -0.2) is 58.6 Å². The van der Waals surface area contributed by atoms with Crippen molar-refractivity contribution < 1.29 is 14.3 Å².